The molecular weight excluding hydrogens is 268 g/mol. The van der Waals surface area contributed by atoms with Crippen LogP contribution in [0.1, 0.15) is 78.6 Å². The van der Waals surface area contributed by atoms with Gasteiger partial charge >= 0.3 is 0 Å². The van der Waals surface area contributed by atoms with Crippen LogP contribution in [0, 0.1) is 34.5 Å². The van der Waals surface area contributed by atoms with Gasteiger partial charge in [-0.25, -0.2) is 0 Å². The number of aliphatic hydroxyl groups is 1. The van der Waals surface area contributed by atoms with Crippen molar-refractivity contribution in [3.05, 3.63) is 11.6 Å². The molecule has 0 saturated heterocycles. The van der Waals surface area contributed by atoms with Gasteiger partial charge in [-0.1, -0.05) is 25.5 Å². The van der Waals surface area contributed by atoms with E-state index in [1.165, 1.54) is 44.9 Å². The fraction of sp³-hybridized carbons (Fsp3) is 0.905. The molecule has 0 aromatic heterocycles. The molecule has 0 aromatic carbocycles. The van der Waals surface area contributed by atoms with Gasteiger partial charge < -0.3 is 5.11 Å². The largest absolute Gasteiger partial charge is 0.393 e. The van der Waals surface area contributed by atoms with Crippen LogP contribution < -0.4 is 0 Å². The van der Waals surface area contributed by atoms with Crippen molar-refractivity contribution in [2.24, 2.45) is 34.5 Å². The lowest BCUT2D eigenvalue weighted by molar-refractivity contribution is -0.116. The van der Waals surface area contributed by atoms with Crippen LogP contribution >= 0.6 is 0 Å². The summed E-state index contributed by atoms with van der Waals surface area (Å²) in [6.07, 6.45) is 14.3. The lowest BCUT2D eigenvalue weighted by Gasteiger charge is -2.60. The maximum atomic E-state index is 10.1. The van der Waals surface area contributed by atoms with Crippen molar-refractivity contribution in [2.45, 2.75) is 84.7 Å². The van der Waals surface area contributed by atoms with Gasteiger partial charge in [0.05, 0.1) is 6.10 Å². The quantitative estimate of drug-likeness (QED) is 0.599. The summed E-state index contributed by atoms with van der Waals surface area (Å²) in [5.41, 5.74) is 2.82. The Hall–Kier alpha value is -0.300. The van der Waals surface area contributed by atoms with Gasteiger partial charge in [0.25, 0.3) is 0 Å². The summed E-state index contributed by atoms with van der Waals surface area (Å²) < 4.78 is 0. The molecule has 4 rings (SSSR count). The van der Waals surface area contributed by atoms with Crippen LogP contribution in [-0.4, -0.2) is 11.2 Å². The molecule has 4 fully saturated rings. The Balaban J connectivity index is 1.63. The van der Waals surface area contributed by atoms with Gasteiger partial charge in [0, 0.05) is 0 Å². The third-order valence-electron chi connectivity index (χ3n) is 8.83. The third-order valence-corrected chi connectivity index (χ3v) is 8.83. The highest BCUT2D eigenvalue weighted by Gasteiger charge is 2.58. The number of allylic oxidation sites excluding steroid dienone is 2. The molecular formula is C21H34O. The van der Waals surface area contributed by atoms with E-state index in [9.17, 15) is 5.11 Å². The molecule has 0 spiro atoms. The smallest absolute Gasteiger partial charge is 0.0543 e. The van der Waals surface area contributed by atoms with Crippen molar-refractivity contribution in [1.29, 1.82) is 0 Å². The number of hydrogen-bond donors (Lipinski definition) is 1. The Bertz CT molecular complexity index is 480. The number of hydrogen-bond acceptors (Lipinski definition) is 1. The van der Waals surface area contributed by atoms with Crippen LogP contribution in [0.3, 0.4) is 0 Å². The second-order valence-corrected chi connectivity index (χ2v) is 9.39. The normalized spacial score (nSPS) is 56.4. The molecule has 4 aliphatic carbocycles. The molecule has 1 heteroatoms. The molecule has 7 atom stereocenters. The molecule has 0 bridgehead atoms. The fourth-order valence-corrected chi connectivity index (χ4v) is 7.56. The van der Waals surface area contributed by atoms with E-state index in [4.69, 9.17) is 0 Å². The van der Waals surface area contributed by atoms with Crippen LogP contribution in [0.25, 0.3) is 0 Å². The van der Waals surface area contributed by atoms with E-state index in [-0.39, 0.29) is 6.10 Å². The second kappa shape index (κ2) is 5.10. The summed E-state index contributed by atoms with van der Waals surface area (Å²) in [4.78, 5) is 0. The predicted molar refractivity (Wildman–Crippen MR) is 91.5 cm³/mol. The SMILES string of the molecule is CC=C1CC[C@@H]2[C@@H]3CC[C@H]4C[C@H](O)CC[C@]4(C)[C@H]3CC[C@]12C. The monoisotopic (exact) mass is 302 g/mol. The minimum Gasteiger partial charge on any atom is -0.393 e. The molecule has 124 valence electrons. The fourth-order valence-electron chi connectivity index (χ4n) is 7.56. The van der Waals surface area contributed by atoms with E-state index < -0.39 is 0 Å². The molecule has 0 aliphatic heterocycles. The summed E-state index contributed by atoms with van der Waals surface area (Å²) in [6.45, 7) is 7.43. The first-order chi connectivity index (χ1) is 10.5. The highest BCUT2D eigenvalue weighted by Crippen LogP contribution is 2.67. The van der Waals surface area contributed by atoms with Crippen molar-refractivity contribution < 1.29 is 5.11 Å². The van der Waals surface area contributed by atoms with Crippen molar-refractivity contribution in [3.8, 4) is 0 Å². The first kappa shape index (κ1) is 15.2. The summed E-state index contributed by atoms with van der Waals surface area (Å²) in [5, 5.41) is 10.1. The zero-order chi connectivity index (χ0) is 15.5. The van der Waals surface area contributed by atoms with E-state index >= 15 is 0 Å². The molecule has 1 nitrogen and oxygen atoms in total. The Morgan fingerprint density at radius 1 is 1.00 bits per heavy atom. The number of fused-ring (bicyclic) bond motifs is 5. The first-order valence-corrected chi connectivity index (χ1v) is 9.83. The second-order valence-electron chi connectivity index (χ2n) is 9.39. The van der Waals surface area contributed by atoms with E-state index in [0.717, 1.165) is 36.5 Å². The first-order valence-electron chi connectivity index (χ1n) is 9.83. The van der Waals surface area contributed by atoms with Gasteiger partial charge in [0.2, 0.25) is 0 Å². The van der Waals surface area contributed by atoms with Gasteiger partial charge in [-0.15, -0.1) is 0 Å². The molecule has 0 aromatic rings. The average molecular weight is 303 g/mol. The van der Waals surface area contributed by atoms with Gasteiger partial charge in [0.1, 0.15) is 0 Å². The zero-order valence-electron chi connectivity index (χ0n) is 14.8. The highest BCUT2D eigenvalue weighted by atomic mass is 16.3. The average Bonchev–Trinajstić information content (AvgIpc) is 2.84. The zero-order valence-corrected chi connectivity index (χ0v) is 14.8. The Labute approximate surface area is 136 Å². The summed E-state index contributed by atoms with van der Waals surface area (Å²) >= 11 is 0. The number of aliphatic hydroxyl groups excluding tert-OH is 1. The van der Waals surface area contributed by atoms with E-state index in [1.807, 2.05) is 0 Å². The van der Waals surface area contributed by atoms with E-state index in [2.05, 4.69) is 26.8 Å². The van der Waals surface area contributed by atoms with Crippen molar-refractivity contribution in [1.82, 2.24) is 0 Å². The Kier molecular flexibility index (Phi) is 3.53. The third kappa shape index (κ3) is 1.93. The van der Waals surface area contributed by atoms with Crippen molar-refractivity contribution >= 4 is 0 Å². The lowest BCUT2D eigenvalue weighted by Crippen LogP contribution is -2.53. The summed E-state index contributed by atoms with van der Waals surface area (Å²) in [6, 6.07) is 0. The molecule has 0 amide bonds. The van der Waals surface area contributed by atoms with Gasteiger partial charge in [-0.2, -0.15) is 0 Å². The van der Waals surface area contributed by atoms with Crippen LogP contribution in [0.2, 0.25) is 0 Å². The number of rotatable bonds is 0. The Morgan fingerprint density at radius 3 is 2.59 bits per heavy atom. The minimum absolute atomic E-state index is 0.00964. The van der Waals surface area contributed by atoms with Crippen LogP contribution in [-0.2, 0) is 0 Å². The highest BCUT2D eigenvalue weighted by molar-refractivity contribution is 5.23. The molecule has 4 saturated carbocycles. The van der Waals surface area contributed by atoms with Gasteiger partial charge in [-0.05, 0) is 99.2 Å². The molecule has 0 heterocycles. The topological polar surface area (TPSA) is 20.2 Å². The standard InChI is InChI=1S/C21H34O/c1-4-14-6-8-18-17-7-5-15-13-16(22)9-11-21(15,3)19(17)10-12-20(14,18)2/h4,15-19,22H,5-13H2,1-3H3/t15-,16+,17-,18+,19-,20+,21-/m0/s1. The summed E-state index contributed by atoms with van der Waals surface area (Å²) in [5.74, 6) is 3.65. The summed E-state index contributed by atoms with van der Waals surface area (Å²) in [7, 11) is 0. The molecule has 22 heavy (non-hydrogen) atoms. The van der Waals surface area contributed by atoms with Crippen LogP contribution in [0.4, 0.5) is 0 Å². The van der Waals surface area contributed by atoms with Crippen molar-refractivity contribution in [2.75, 3.05) is 0 Å². The maximum Gasteiger partial charge on any atom is 0.0543 e. The van der Waals surface area contributed by atoms with E-state index in [0.29, 0.717) is 10.8 Å². The lowest BCUT2D eigenvalue weighted by atomic mass is 9.45. The van der Waals surface area contributed by atoms with Crippen LogP contribution in [0.5, 0.6) is 0 Å². The van der Waals surface area contributed by atoms with Crippen molar-refractivity contribution in [3.63, 3.8) is 0 Å². The van der Waals surface area contributed by atoms with Gasteiger partial charge in [0.15, 0.2) is 0 Å². The van der Waals surface area contributed by atoms with Crippen LogP contribution in [0.15, 0.2) is 11.6 Å². The predicted octanol–water partition coefficient (Wildman–Crippen LogP) is 5.34. The molecule has 0 radical (unpaired) electrons. The minimum atomic E-state index is -0.00964. The maximum absolute atomic E-state index is 10.1. The Morgan fingerprint density at radius 2 is 1.82 bits per heavy atom. The molecule has 4 aliphatic rings. The van der Waals surface area contributed by atoms with Gasteiger partial charge in [-0.3, -0.25) is 0 Å². The molecule has 1 N–H and O–H groups in total. The molecule has 0 unspecified atom stereocenters. The van der Waals surface area contributed by atoms with E-state index in [1.54, 1.807) is 5.57 Å².